The molecule has 1 aliphatic rings. The van der Waals surface area contributed by atoms with Gasteiger partial charge in [-0.05, 0) is 19.9 Å². The highest BCUT2D eigenvalue weighted by atomic mass is 15.4. The predicted molar refractivity (Wildman–Crippen MR) is 55.5 cm³/mol. The van der Waals surface area contributed by atoms with Gasteiger partial charge in [-0.3, -0.25) is 4.90 Å². The van der Waals surface area contributed by atoms with Crippen LogP contribution in [0.15, 0.2) is 30.9 Å². The first-order valence-corrected chi connectivity index (χ1v) is 4.75. The van der Waals surface area contributed by atoms with Crippen LogP contribution in [-0.2, 0) is 0 Å². The van der Waals surface area contributed by atoms with Gasteiger partial charge in [-0.2, -0.15) is 0 Å². The monoisotopic (exact) mass is 190 g/mol. The topological polar surface area (TPSA) is 32.3 Å². The highest BCUT2D eigenvalue weighted by Gasteiger charge is 2.16. The number of aromatic nitrogens is 2. The molecule has 14 heavy (non-hydrogen) atoms. The molecule has 2 heterocycles. The number of nitrogens with zero attached hydrogens (tertiary/aromatic N) is 4. The maximum absolute atomic E-state index is 4.19. The van der Waals surface area contributed by atoms with Gasteiger partial charge in [-0.15, -0.1) is 0 Å². The fourth-order valence-corrected chi connectivity index (χ4v) is 1.34. The summed E-state index contributed by atoms with van der Waals surface area (Å²) in [7, 11) is 0. The lowest BCUT2D eigenvalue weighted by Crippen LogP contribution is -2.30. The molecule has 0 saturated carbocycles. The van der Waals surface area contributed by atoms with E-state index in [0.717, 1.165) is 12.6 Å². The number of rotatable bonds is 2. The Morgan fingerprint density at radius 1 is 1.21 bits per heavy atom. The molecule has 0 atom stereocenters. The van der Waals surface area contributed by atoms with Crippen LogP contribution in [0.25, 0.3) is 0 Å². The molecule has 0 N–H and O–H groups in total. The molecule has 0 unspecified atom stereocenters. The molecular weight excluding hydrogens is 176 g/mol. The molecule has 0 radical (unpaired) electrons. The first-order chi connectivity index (χ1) is 6.77. The Balaban J connectivity index is 2.08. The predicted octanol–water partition coefficient (Wildman–Crippen LogP) is 1.44. The number of anilines is 1. The summed E-state index contributed by atoms with van der Waals surface area (Å²) >= 11 is 0. The third-order valence-corrected chi connectivity index (χ3v) is 2.23. The fourth-order valence-electron chi connectivity index (χ4n) is 1.34. The van der Waals surface area contributed by atoms with Gasteiger partial charge in [-0.1, -0.05) is 0 Å². The Morgan fingerprint density at radius 3 is 2.50 bits per heavy atom. The fraction of sp³-hybridized carbons (Fsp3) is 0.400. The zero-order valence-electron chi connectivity index (χ0n) is 8.46. The van der Waals surface area contributed by atoms with Crippen LogP contribution in [0.2, 0.25) is 0 Å². The maximum Gasteiger partial charge on any atom is 0.230 e. The molecule has 1 aliphatic heterocycles. The molecule has 0 bridgehead atoms. The summed E-state index contributed by atoms with van der Waals surface area (Å²) in [5.41, 5.74) is 0. The molecule has 74 valence electrons. The largest absolute Gasteiger partial charge is 0.356 e. The van der Waals surface area contributed by atoms with Crippen molar-refractivity contribution in [3.63, 3.8) is 0 Å². The molecule has 0 fully saturated rings. The van der Waals surface area contributed by atoms with Crippen molar-refractivity contribution in [2.24, 2.45) is 0 Å². The Kier molecular flexibility index (Phi) is 2.35. The third-order valence-electron chi connectivity index (χ3n) is 2.23. The van der Waals surface area contributed by atoms with Crippen molar-refractivity contribution in [1.29, 1.82) is 0 Å². The molecule has 0 aliphatic carbocycles. The van der Waals surface area contributed by atoms with Crippen LogP contribution < -0.4 is 4.90 Å². The van der Waals surface area contributed by atoms with E-state index in [1.807, 2.05) is 17.2 Å². The van der Waals surface area contributed by atoms with Gasteiger partial charge in [0.2, 0.25) is 5.95 Å². The van der Waals surface area contributed by atoms with E-state index in [4.69, 9.17) is 0 Å². The van der Waals surface area contributed by atoms with Crippen molar-refractivity contribution in [3.8, 4) is 0 Å². The second kappa shape index (κ2) is 3.65. The average molecular weight is 190 g/mol. The number of hydrogen-bond donors (Lipinski definition) is 0. The van der Waals surface area contributed by atoms with Crippen molar-refractivity contribution < 1.29 is 0 Å². The Labute approximate surface area is 83.9 Å². The Bertz CT molecular complexity index is 320. The SMILES string of the molecule is CC(C)N1C=CN(c2ncccn2)C1. The van der Waals surface area contributed by atoms with E-state index in [-0.39, 0.29) is 0 Å². The zero-order chi connectivity index (χ0) is 9.97. The molecule has 0 aromatic carbocycles. The highest BCUT2D eigenvalue weighted by Crippen LogP contribution is 2.15. The lowest BCUT2D eigenvalue weighted by Gasteiger charge is -2.22. The summed E-state index contributed by atoms with van der Waals surface area (Å²) in [5, 5.41) is 0. The molecule has 0 spiro atoms. The minimum Gasteiger partial charge on any atom is -0.356 e. The molecule has 0 saturated heterocycles. The first-order valence-electron chi connectivity index (χ1n) is 4.75. The van der Waals surface area contributed by atoms with E-state index in [1.54, 1.807) is 12.4 Å². The molecule has 2 rings (SSSR count). The van der Waals surface area contributed by atoms with Crippen LogP contribution in [0.5, 0.6) is 0 Å². The molecule has 1 aromatic heterocycles. The van der Waals surface area contributed by atoms with Crippen LogP contribution in [0.1, 0.15) is 13.8 Å². The summed E-state index contributed by atoms with van der Waals surface area (Å²) in [5.74, 6) is 0.756. The van der Waals surface area contributed by atoms with E-state index in [1.165, 1.54) is 0 Å². The third kappa shape index (κ3) is 1.69. The molecule has 4 heteroatoms. The van der Waals surface area contributed by atoms with Crippen molar-refractivity contribution in [2.45, 2.75) is 19.9 Å². The van der Waals surface area contributed by atoms with Gasteiger partial charge in [0.15, 0.2) is 0 Å². The summed E-state index contributed by atoms with van der Waals surface area (Å²) < 4.78 is 0. The van der Waals surface area contributed by atoms with Crippen molar-refractivity contribution in [1.82, 2.24) is 14.9 Å². The number of hydrogen-bond acceptors (Lipinski definition) is 4. The van der Waals surface area contributed by atoms with E-state index < -0.39 is 0 Å². The quantitative estimate of drug-likeness (QED) is 0.706. The summed E-state index contributed by atoms with van der Waals surface area (Å²) in [6.07, 6.45) is 7.60. The van der Waals surface area contributed by atoms with Crippen LogP contribution in [0.3, 0.4) is 0 Å². The van der Waals surface area contributed by atoms with Gasteiger partial charge in [0.25, 0.3) is 0 Å². The van der Waals surface area contributed by atoms with E-state index in [9.17, 15) is 0 Å². The van der Waals surface area contributed by atoms with E-state index in [0.29, 0.717) is 6.04 Å². The molecular formula is C10H14N4. The van der Waals surface area contributed by atoms with Gasteiger partial charge < -0.3 is 4.90 Å². The summed E-state index contributed by atoms with van der Waals surface area (Å²) in [6.45, 7) is 5.17. The normalized spacial score (nSPS) is 15.6. The maximum atomic E-state index is 4.19. The Morgan fingerprint density at radius 2 is 1.93 bits per heavy atom. The van der Waals surface area contributed by atoms with Gasteiger partial charge in [-0.25, -0.2) is 9.97 Å². The van der Waals surface area contributed by atoms with Gasteiger partial charge in [0, 0.05) is 30.8 Å². The van der Waals surface area contributed by atoms with Crippen molar-refractivity contribution in [3.05, 3.63) is 30.9 Å². The van der Waals surface area contributed by atoms with Crippen LogP contribution >= 0.6 is 0 Å². The molecule has 4 nitrogen and oxygen atoms in total. The van der Waals surface area contributed by atoms with E-state index >= 15 is 0 Å². The smallest absolute Gasteiger partial charge is 0.230 e. The van der Waals surface area contributed by atoms with Crippen LogP contribution in [0.4, 0.5) is 5.95 Å². The summed E-state index contributed by atoms with van der Waals surface area (Å²) in [4.78, 5) is 12.6. The summed E-state index contributed by atoms with van der Waals surface area (Å²) in [6, 6.07) is 2.34. The molecule has 0 amide bonds. The second-order valence-electron chi connectivity index (χ2n) is 3.57. The Hall–Kier alpha value is -1.58. The van der Waals surface area contributed by atoms with E-state index in [2.05, 4.69) is 34.9 Å². The minimum absolute atomic E-state index is 0.514. The lowest BCUT2D eigenvalue weighted by molar-refractivity contribution is 0.335. The van der Waals surface area contributed by atoms with Crippen LogP contribution in [0, 0.1) is 0 Å². The zero-order valence-corrected chi connectivity index (χ0v) is 8.46. The van der Waals surface area contributed by atoms with Crippen molar-refractivity contribution >= 4 is 5.95 Å². The standard InChI is InChI=1S/C10H14N4/c1-9(2)13-6-7-14(8-13)10-11-4-3-5-12-10/h3-7,9H,8H2,1-2H3. The average Bonchev–Trinajstić information content (AvgIpc) is 2.68. The van der Waals surface area contributed by atoms with Crippen molar-refractivity contribution in [2.75, 3.05) is 11.6 Å². The van der Waals surface area contributed by atoms with Gasteiger partial charge in [0.1, 0.15) is 0 Å². The van der Waals surface area contributed by atoms with Crippen LogP contribution in [-0.4, -0.2) is 27.6 Å². The lowest BCUT2D eigenvalue weighted by atomic mass is 10.4. The minimum atomic E-state index is 0.514. The first kappa shape index (κ1) is 8.99. The highest BCUT2D eigenvalue weighted by molar-refractivity contribution is 5.35. The van der Waals surface area contributed by atoms with Gasteiger partial charge >= 0.3 is 0 Å². The van der Waals surface area contributed by atoms with Gasteiger partial charge in [0.05, 0.1) is 6.67 Å². The second-order valence-corrected chi connectivity index (χ2v) is 3.57. The molecule has 1 aromatic rings.